The Kier molecular flexibility index (Phi) is 11.2. The molecule has 0 N–H and O–H groups in total. The third kappa shape index (κ3) is 8.23. The van der Waals surface area contributed by atoms with Crippen molar-refractivity contribution in [2.24, 2.45) is 0 Å². The molecule has 13 rings (SSSR count). The van der Waals surface area contributed by atoms with Crippen LogP contribution in [0.15, 0.2) is 231 Å². The molecule has 0 saturated heterocycles. The van der Waals surface area contributed by atoms with Gasteiger partial charge in [-0.15, -0.1) is 0 Å². The van der Waals surface area contributed by atoms with Crippen LogP contribution < -0.4 is 0 Å². The lowest BCUT2D eigenvalue weighted by molar-refractivity contribution is -0.137. The summed E-state index contributed by atoms with van der Waals surface area (Å²) >= 11 is 0. The molecule has 76 heavy (non-hydrogen) atoms. The SMILES string of the molecule is Cc1ccc(-c2ccc3c(c2)c2cc(-c4ccc(C)cc4)ccc2n3-c2cc(C(F)(F)F)cc(-n3c4ccc(-c5ccc(C)cc5)cc4c4cc(-c5ccc(C)cc5)ccc43)c2-c2cccc(-c3ccccc3)n2)cc1. The van der Waals surface area contributed by atoms with E-state index < -0.39 is 11.7 Å². The van der Waals surface area contributed by atoms with E-state index in [1.807, 2.05) is 57.7 Å². The van der Waals surface area contributed by atoms with E-state index in [2.05, 4.69) is 198 Å². The third-order valence-electron chi connectivity index (χ3n) is 15.1. The van der Waals surface area contributed by atoms with Crippen LogP contribution in [0.2, 0.25) is 0 Å². The number of hydrogen-bond donors (Lipinski definition) is 0. The molecule has 0 aliphatic rings. The van der Waals surface area contributed by atoms with Crippen molar-refractivity contribution in [2.75, 3.05) is 0 Å². The average Bonchev–Trinajstić information content (AvgIpc) is 3.96. The number of halogens is 3. The number of fused-ring (bicyclic) bond motifs is 6. The van der Waals surface area contributed by atoms with E-state index in [4.69, 9.17) is 4.98 Å². The van der Waals surface area contributed by atoms with Gasteiger partial charge in [-0.1, -0.05) is 180 Å². The van der Waals surface area contributed by atoms with Crippen molar-refractivity contribution in [2.45, 2.75) is 33.9 Å². The van der Waals surface area contributed by atoms with Gasteiger partial charge in [-0.2, -0.15) is 13.2 Å². The zero-order valence-electron chi connectivity index (χ0n) is 42.4. The first kappa shape index (κ1) is 46.5. The summed E-state index contributed by atoms with van der Waals surface area (Å²) in [7, 11) is 0. The highest BCUT2D eigenvalue weighted by molar-refractivity contribution is 6.14. The van der Waals surface area contributed by atoms with Crippen molar-refractivity contribution in [3.63, 3.8) is 0 Å². The number of pyridine rings is 1. The van der Waals surface area contributed by atoms with Crippen molar-refractivity contribution in [3.05, 3.63) is 258 Å². The van der Waals surface area contributed by atoms with Gasteiger partial charge in [0.2, 0.25) is 0 Å². The lowest BCUT2D eigenvalue weighted by atomic mass is 9.99. The number of rotatable bonds is 8. The molecule has 0 atom stereocenters. The predicted octanol–water partition coefficient (Wildman–Crippen LogP) is 19.5. The standard InChI is InChI=1S/C70H50F3N3/c1-43-13-21-47(22-14-43)52-29-33-63-57(37-52)58-38-53(48-23-15-44(2)16-24-48)30-34-64(58)75(63)67-41-56(70(71,72)73)42-68(69(67)62-12-8-11-61(74-62)51-9-6-5-7-10-51)76-65-35-31-54(49-25-17-45(3)18-26-49)39-59(65)60-40-55(32-36-66(60)76)50-27-19-46(4)20-28-50/h5-42H,1-4H3. The maximum Gasteiger partial charge on any atom is 0.416 e. The molecule has 0 fully saturated rings. The van der Waals surface area contributed by atoms with Crippen molar-refractivity contribution >= 4 is 43.6 Å². The molecule has 0 aliphatic heterocycles. The number of alkyl halides is 3. The second-order valence-electron chi connectivity index (χ2n) is 20.2. The highest BCUT2D eigenvalue weighted by Gasteiger charge is 2.35. The summed E-state index contributed by atoms with van der Waals surface area (Å²) in [6, 6.07) is 77.5. The van der Waals surface area contributed by atoms with Gasteiger partial charge in [0.15, 0.2) is 0 Å². The lowest BCUT2D eigenvalue weighted by Crippen LogP contribution is -2.11. The molecule has 13 aromatic rings. The summed E-state index contributed by atoms with van der Waals surface area (Å²) < 4.78 is 52.5. The number of hydrogen-bond acceptors (Lipinski definition) is 1. The first-order valence-electron chi connectivity index (χ1n) is 25.7. The first-order valence-corrected chi connectivity index (χ1v) is 25.7. The number of aromatic nitrogens is 3. The van der Waals surface area contributed by atoms with Gasteiger partial charge in [-0.05, 0) is 145 Å². The monoisotopic (exact) mass is 989 g/mol. The maximum absolute atomic E-state index is 16.1. The van der Waals surface area contributed by atoms with E-state index in [0.717, 1.165) is 116 Å². The fourth-order valence-electron chi connectivity index (χ4n) is 11.0. The molecule has 0 amide bonds. The summed E-state index contributed by atoms with van der Waals surface area (Å²) in [5, 5.41) is 3.67. The third-order valence-corrected chi connectivity index (χ3v) is 15.1. The molecule has 366 valence electrons. The minimum atomic E-state index is -4.73. The van der Waals surface area contributed by atoms with E-state index in [-0.39, 0.29) is 0 Å². The molecule has 3 heterocycles. The van der Waals surface area contributed by atoms with Gasteiger partial charge in [-0.25, -0.2) is 4.98 Å². The Morgan fingerprint density at radius 2 is 0.618 bits per heavy atom. The van der Waals surface area contributed by atoms with E-state index in [0.29, 0.717) is 28.3 Å². The van der Waals surface area contributed by atoms with Gasteiger partial charge >= 0.3 is 6.18 Å². The number of benzene rings is 10. The quantitative estimate of drug-likeness (QED) is 0.149. The Morgan fingerprint density at radius 3 is 0.947 bits per heavy atom. The minimum Gasteiger partial charge on any atom is -0.308 e. The van der Waals surface area contributed by atoms with Gasteiger partial charge < -0.3 is 9.13 Å². The normalized spacial score (nSPS) is 11.9. The first-order chi connectivity index (χ1) is 36.9. The molecule has 0 aliphatic carbocycles. The molecule has 6 heteroatoms. The maximum atomic E-state index is 16.1. The molecule has 0 spiro atoms. The van der Waals surface area contributed by atoms with Gasteiger partial charge in [0.1, 0.15) is 0 Å². The van der Waals surface area contributed by atoms with Gasteiger partial charge in [0.25, 0.3) is 0 Å². The van der Waals surface area contributed by atoms with Crippen molar-refractivity contribution in [1.82, 2.24) is 14.1 Å². The summed E-state index contributed by atoms with van der Waals surface area (Å²) in [4.78, 5) is 5.40. The van der Waals surface area contributed by atoms with Gasteiger partial charge in [0, 0.05) is 32.7 Å². The average molecular weight is 990 g/mol. The van der Waals surface area contributed by atoms with Crippen molar-refractivity contribution < 1.29 is 13.2 Å². The molecule has 0 radical (unpaired) electrons. The van der Waals surface area contributed by atoms with Crippen LogP contribution in [0.25, 0.3) is 122 Å². The van der Waals surface area contributed by atoms with Crippen LogP contribution in [0, 0.1) is 27.7 Å². The van der Waals surface area contributed by atoms with Crippen LogP contribution >= 0.6 is 0 Å². The molecule has 0 bridgehead atoms. The fraction of sp³-hybridized carbons (Fsp3) is 0.0714. The Labute approximate surface area is 439 Å². The fourth-order valence-corrected chi connectivity index (χ4v) is 11.0. The van der Waals surface area contributed by atoms with Crippen molar-refractivity contribution in [1.29, 1.82) is 0 Å². The van der Waals surface area contributed by atoms with Crippen LogP contribution in [-0.4, -0.2) is 14.1 Å². The topological polar surface area (TPSA) is 22.8 Å². The summed E-state index contributed by atoms with van der Waals surface area (Å²) in [6.07, 6.45) is -4.73. The Bertz CT molecular complexity index is 3930. The van der Waals surface area contributed by atoms with Crippen LogP contribution in [-0.2, 0) is 6.18 Å². The van der Waals surface area contributed by atoms with E-state index in [1.54, 1.807) is 0 Å². The lowest BCUT2D eigenvalue weighted by Gasteiger charge is -2.22. The molecule has 0 saturated carbocycles. The van der Waals surface area contributed by atoms with E-state index in [1.165, 1.54) is 12.1 Å². The summed E-state index contributed by atoms with van der Waals surface area (Å²) in [5.41, 5.74) is 18.6. The molecular formula is C70H50F3N3. The molecule has 3 aromatic heterocycles. The van der Waals surface area contributed by atoms with Crippen molar-refractivity contribution in [3.8, 4) is 78.4 Å². The summed E-state index contributed by atoms with van der Waals surface area (Å²) in [6.45, 7) is 8.29. The Balaban J connectivity index is 1.16. The molecular weight excluding hydrogens is 940 g/mol. The number of nitrogens with zero attached hydrogens (tertiary/aromatic N) is 3. The molecule has 0 unspecified atom stereocenters. The van der Waals surface area contributed by atoms with E-state index >= 15 is 13.2 Å². The Hall–Kier alpha value is -9.26. The highest BCUT2D eigenvalue weighted by atomic mass is 19.4. The number of aryl methyl sites for hydroxylation is 4. The van der Waals surface area contributed by atoms with Crippen LogP contribution in [0.5, 0.6) is 0 Å². The smallest absolute Gasteiger partial charge is 0.308 e. The van der Waals surface area contributed by atoms with Gasteiger partial charge in [0.05, 0.1) is 50.4 Å². The zero-order valence-corrected chi connectivity index (χ0v) is 42.4. The second kappa shape index (κ2) is 18.3. The Morgan fingerprint density at radius 1 is 0.303 bits per heavy atom. The van der Waals surface area contributed by atoms with Crippen LogP contribution in [0.3, 0.4) is 0 Å². The molecule has 3 nitrogen and oxygen atoms in total. The largest absolute Gasteiger partial charge is 0.416 e. The van der Waals surface area contributed by atoms with Crippen LogP contribution in [0.1, 0.15) is 27.8 Å². The predicted molar refractivity (Wildman–Crippen MR) is 309 cm³/mol. The summed E-state index contributed by atoms with van der Waals surface area (Å²) in [5.74, 6) is 0. The van der Waals surface area contributed by atoms with Gasteiger partial charge in [-0.3, -0.25) is 0 Å². The van der Waals surface area contributed by atoms with E-state index in [9.17, 15) is 0 Å². The minimum absolute atomic E-state index is 0.358. The molecule has 10 aromatic carbocycles. The van der Waals surface area contributed by atoms with Crippen LogP contribution in [0.4, 0.5) is 13.2 Å². The highest BCUT2D eigenvalue weighted by Crippen LogP contribution is 2.47. The second-order valence-corrected chi connectivity index (χ2v) is 20.2. The zero-order chi connectivity index (χ0) is 51.8.